The van der Waals surface area contributed by atoms with Gasteiger partial charge in [0, 0.05) is 5.69 Å². The minimum Gasteiger partial charge on any atom is -0.490 e. The first-order chi connectivity index (χ1) is 22.2. The van der Waals surface area contributed by atoms with E-state index in [0.717, 1.165) is 16.0 Å². The summed E-state index contributed by atoms with van der Waals surface area (Å²) in [7, 11) is 0. The van der Waals surface area contributed by atoms with E-state index in [2.05, 4.69) is 10.6 Å². The SMILES string of the molecule is CCOc1cc(/C=C2\C(=O)NC(=O)N(c3ccc(OCc4ccccc4)cc3)C2=O)cc(I)c1OCC(=O)Nc1cccc(C)c1. The molecule has 11 heteroatoms. The second kappa shape index (κ2) is 14.7. The van der Waals surface area contributed by atoms with Crippen molar-refractivity contribution in [3.63, 3.8) is 0 Å². The molecule has 1 heterocycles. The Morgan fingerprint density at radius 1 is 0.913 bits per heavy atom. The van der Waals surface area contributed by atoms with Crippen LogP contribution >= 0.6 is 22.6 Å². The Morgan fingerprint density at radius 3 is 2.39 bits per heavy atom. The number of nitrogens with zero attached hydrogens (tertiary/aromatic N) is 1. The van der Waals surface area contributed by atoms with Crippen molar-refractivity contribution in [1.82, 2.24) is 5.32 Å². The predicted octanol–water partition coefficient (Wildman–Crippen LogP) is 6.26. The van der Waals surface area contributed by atoms with Gasteiger partial charge in [0.05, 0.1) is 15.9 Å². The van der Waals surface area contributed by atoms with E-state index in [1.165, 1.54) is 6.08 Å². The molecule has 2 N–H and O–H groups in total. The first-order valence-corrected chi connectivity index (χ1v) is 15.4. The number of urea groups is 1. The standard InChI is InChI=1S/C35H30IN3O7/c1-3-44-30-19-24(18-29(36)32(30)46-21-31(40)37-25-11-7-8-22(2)16-25)17-28-33(41)38-35(43)39(34(28)42)26-12-14-27(15-13-26)45-20-23-9-5-4-6-10-23/h4-19H,3,20-21H2,1-2H3,(H,37,40)(H,38,41,43)/b28-17+. The van der Waals surface area contributed by atoms with Crippen molar-refractivity contribution in [1.29, 1.82) is 0 Å². The number of ether oxygens (including phenoxy) is 3. The smallest absolute Gasteiger partial charge is 0.335 e. The lowest BCUT2D eigenvalue weighted by Gasteiger charge is -2.26. The summed E-state index contributed by atoms with van der Waals surface area (Å²) in [6.45, 7) is 4.12. The van der Waals surface area contributed by atoms with Crippen molar-refractivity contribution in [2.75, 3.05) is 23.4 Å². The number of aryl methyl sites for hydroxylation is 1. The maximum Gasteiger partial charge on any atom is 0.335 e. The van der Waals surface area contributed by atoms with Crippen LogP contribution in [0.2, 0.25) is 0 Å². The fourth-order valence-electron chi connectivity index (χ4n) is 4.62. The summed E-state index contributed by atoms with van der Waals surface area (Å²) in [6, 6.07) is 25.9. The van der Waals surface area contributed by atoms with Gasteiger partial charge in [-0.3, -0.25) is 19.7 Å². The molecule has 4 aromatic rings. The Hall–Kier alpha value is -5.17. The van der Waals surface area contributed by atoms with Gasteiger partial charge in [-0.2, -0.15) is 0 Å². The summed E-state index contributed by atoms with van der Waals surface area (Å²) in [5.41, 5.74) is 3.15. The molecule has 10 nitrogen and oxygen atoms in total. The fraction of sp³-hybridized carbons (Fsp3) is 0.143. The van der Waals surface area contributed by atoms with Crippen LogP contribution in [0.1, 0.15) is 23.6 Å². The van der Waals surface area contributed by atoms with Gasteiger partial charge in [-0.05, 0) is 108 Å². The van der Waals surface area contributed by atoms with Crippen molar-refractivity contribution in [2.24, 2.45) is 0 Å². The third-order valence-corrected chi connectivity index (χ3v) is 7.54. The van der Waals surface area contributed by atoms with E-state index in [9.17, 15) is 19.2 Å². The van der Waals surface area contributed by atoms with Crippen molar-refractivity contribution in [2.45, 2.75) is 20.5 Å². The Balaban J connectivity index is 1.32. The number of hydrogen-bond donors (Lipinski definition) is 2. The molecule has 1 aliphatic heterocycles. The number of anilines is 2. The molecule has 0 saturated carbocycles. The lowest BCUT2D eigenvalue weighted by Crippen LogP contribution is -2.54. The molecule has 1 aliphatic rings. The maximum absolute atomic E-state index is 13.5. The highest BCUT2D eigenvalue weighted by Crippen LogP contribution is 2.35. The number of imide groups is 2. The lowest BCUT2D eigenvalue weighted by molar-refractivity contribution is -0.122. The number of halogens is 1. The molecule has 0 bridgehead atoms. The van der Waals surface area contributed by atoms with E-state index < -0.39 is 17.8 Å². The molecule has 0 aliphatic carbocycles. The fourth-order valence-corrected chi connectivity index (χ4v) is 5.40. The van der Waals surface area contributed by atoms with E-state index in [4.69, 9.17) is 14.2 Å². The second-order valence-corrected chi connectivity index (χ2v) is 11.4. The van der Waals surface area contributed by atoms with Crippen LogP contribution in [0, 0.1) is 10.5 Å². The van der Waals surface area contributed by atoms with Gasteiger partial charge in [-0.15, -0.1) is 0 Å². The molecule has 1 saturated heterocycles. The Kier molecular flexibility index (Phi) is 10.3. The Bertz CT molecular complexity index is 1810. The van der Waals surface area contributed by atoms with E-state index in [-0.39, 0.29) is 23.8 Å². The van der Waals surface area contributed by atoms with Gasteiger partial charge in [0.15, 0.2) is 18.1 Å². The molecule has 4 aromatic carbocycles. The summed E-state index contributed by atoms with van der Waals surface area (Å²) in [5.74, 6) is -0.734. The summed E-state index contributed by atoms with van der Waals surface area (Å²) in [5, 5.41) is 5.04. The third-order valence-electron chi connectivity index (χ3n) is 6.74. The lowest BCUT2D eigenvalue weighted by atomic mass is 10.1. The number of hydrogen-bond acceptors (Lipinski definition) is 7. The summed E-state index contributed by atoms with van der Waals surface area (Å²) < 4.78 is 18.0. The van der Waals surface area contributed by atoms with Crippen LogP contribution in [0.5, 0.6) is 17.2 Å². The highest BCUT2D eigenvalue weighted by atomic mass is 127. The average molecular weight is 732 g/mol. The number of rotatable bonds is 11. The Morgan fingerprint density at radius 2 is 1.67 bits per heavy atom. The van der Waals surface area contributed by atoms with Crippen LogP contribution in [0.15, 0.2) is 96.6 Å². The van der Waals surface area contributed by atoms with Gasteiger partial charge in [-0.1, -0.05) is 42.5 Å². The molecule has 234 valence electrons. The summed E-state index contributed by atoms with van der Waals surface area (Å²) >= 11 is 2.03. The van der Waals surface area contributed by atoms with E-state index >= 15 is 0 Å². The summed E-state index contributed by atoms with van der Waals surface area (Å²) in [4.78, 5) is 52.5. The second-order valence-electron chi connectivity index (χ2n) is 10.2. The van der Waals surface area contributed by atoms with Gasteiger partial charge in [0.1, 0.15) is 17.9 Å². The zero-order valence-corrected chi connectivity index (χ0v) is 27.2. The van der Waals surface area contributed by atoms with Gasteiger partial charge in [0.25, 0.3) is 17.7 Å². The Labute approximate surface area is 279 Å². The van der Waals surface area contributed by atoms with Gasteiger partial charge < -0.3 is 19.5 Å². The molecule has 46 heavy (non-hydrogen) atoms. The minimum absolute atomic E-state index is 0.242. The molecule has 0 unspecified atom stereocenters. The van der Waals surface area contributed by atoms with Gasteiger partial charge >= 0.3 is 6.03 Å². The van der Waals surface area contributed by atoms with E-state index in [0.29, 0.717) is 45.3 Å². The topological polar surface area (TPSA) is 123 Å². The number of barbiturate groups is 1. The van der Waals surface area contributed by atoms with Crippen molar-refractivity contribution in [3.05, 3.63) is 117 Å². The monoisotopic (exact) mass is 731 g/mol. The third kappa shape index (κ3) is 7.91. The normalized spacial score (nSPS) is 13.8. The molecule has 5 amide bonds. The molecule has 1 fully saturated rings. The molecule has 5 rings (SSSR count). The van der Waals surface area contributed by atoms with Crippen LogP contribution in [-0.4, -0.2) is 37.0 Å². The van der Waals surface area contributed by atoms with Gasteiger partial charge in [0.2, 0.25) is 0 Å². The highest BCUT2D eigenvalue weighted by Gasteiger charge is 2.37. The van der Waals surface area contributed by atoms with E-state index in [1.807, 2.05) is 78.0 Å². The zero-order chi connectivity index (χ0) is 32.6. The molecular formula is C35H30IN3O7. The van der Waals surface area contributed by atoms with Crippen LogP contribution in [-0.2, 0) is 21.0 Å². The molecule has 0 aromatic heterocycles. The number of carbonyl (C=O) groups is 4. The number of benzene rings is 4. The first-order valence-electron chi connectivity index (χ1n) is 14.4. The largest absolute Gasteiger partial charge is 0.490 e. The number of carbonyl (C=O) groups excluding carboxylic acids is 4. The summed E-state index contributed by atoms with van der Waals surface area (Å²) in [6.07, 6.45) is 1.38. The molecule has 0 spiro atoms. The van der Waals surface area contributed by atoms with Gasteiger partial charge in [-0.25, -0.2) is 9.69 Å². The highest BCUT2D eigenvalue weighted by molar-refractivity contribution is 14.1. The predicted molar refractivity (Wildman–Crippen MR) is 182 cm³/mol. The van der Waals surface area contributed by atoms with Crippen molar-refractivity contribution >= 4 is 63.8 Å². The van der Waals surface area contributed by atoms with Crippen molar-refractivity contribution in [3.8, 4) is 17.2 Å². The van der Waals surface area contributed by atoms with E-state index in [1.54, 1.807) is 49.4 Å². The van der Waals surface area contributed by atoms with Crippen LogP contribution in [0.25, 0.3) is 6.08 Å². The van der Waals surface area contributed by atoms with Crippen LogP contribution in [0.4, 0.5) is 16.2 Å². The quantitative estimate of drug-likeness (QED) is 0.106. The number of amides is 5. The molecular weight excluding hydrogens is 701 g/mol. The minimum atomic E-state index is -0.859. The zero-order valence-electron chi connectivity index (χ0n) is 25.0. The molecule has 0 radical (unpaired) electrons. The average Bonchev–Trinajstić information content (AvgIpc) is 3.03. The number of nitrogens with one attached hydrogen (secondary N) is 2. The van der Waals surface area contributed by atoms with Crippen LogP contribution < -0.4 is 29.7 Å². The maximum atomic E-state index is 13.5. The first kappa shape index (κ1) is 32.2. The van der Waals surface area contributed by atoms with Crippen LogP contribution in [0.3, 0.4) is 0 Å². The molecule has 0 atom stereocenters. The van der Waals surface area contributed by atoms with Crippen molar-refractivity contribution < 1.29 is 33.4 Å².